The number of nitrogens with zero attached hydrogens (tertiary/aromatic N) is 2. The lowest BCUT2D eigenvalue weighted by molar-refractivity contribution is 0.0780. The first-order chi connectivity index (χ1) is 17.4. The van der Waals surface area contributed by atoms with E-state index in [1.807, 2.05) is 17.0 Å². The molecule has 6 nitrogen and oxygen atoms in total. The Balaban J connectivity index is 1.87. The van der Waals surface area contributed by atoms with E-state index in [1.54, 1.807) is 33.5 Å². The summed E-state index contributed by atoms with van der Waals surface area (Å²) in [7, 11) is 4.63. The maximum Gasteiger partial charge on any atom is 0.254 e. The minimum atomic E-state index is -0.243. The van der Waals surface area contributed by atoms with E-state index in [-0.39, 0.29) is 17.1 Å². The first-order valence-electron chi connectivity index (χ1n) is 13.0. The van der Waals surface area contributed by atoms with Crippen molar-refractivity contribution < 1.29 is 23.4 Å². The van der Waals surface area contributed by atoms with Crippen LogP contribution in [0.1, 0.15) is 61.9 Å². The zero-order valence-electron chi connectivity index (χ0n) is 22.4. The summed E-state index contributed by atoms with van der Waals surface area (Å²) < 4.78 is 30.1. The van der Waals surface area contributed by atoms with Crippen LogP contribution in [0.4, 0.5) is 4.39 Å². The van der Waals surface area contributed by atoms with E-state index in [2.05, 4.69) is 18.7 Å². The van der Waals surface area contributed by atoms with Crippen LogP contribution in [0.25, 0.3) is 0 Å². The molecule has 3 rings (SSSR count). The Morgan fingerprint density at radius 2 is 1.64 bits per heavy atom. The third-order valence-corrected chi connectivity index (χ3v) is 7.28. The standard InChI is InChI=1S/C29H41FN2O4/c1-6-8-16-31(15-7-2)17-13-29(23-9-11-24(30)12-10-23)14-18-32(21-29)28(33)22-19-25(34-3)27(36-5)26(20-22)35-4/h9-12,19-20H,6-8,13-18,21H2,1-5H3. The van der Waals surface area contributed by atoms with Gasteiger partial charge in [-0.15, -0.1) is 0 Å². The van der Waals surface area contributed by atoms with Gasteiger partial charge in [-0.25, -0.2) is 4.39 Å². The normalized spacial score (nSPS) is 17.5. The predicted molar refractivity (Wildman–Crippen MR) is 141 cm³/mol. The van der Waals surface area contributed by atoms with Gasteiger partial charge in [0.2, 0.25) is 5.75 Å². The van der Waals surface area contributed by atoms with E-state index in [9.17, 15) is 9.18 Å². The fraction of sp³-hybridized carbons (Fsp3) is 0.552. The number of halogens is 1. The lowest BCUT2D eigenvalue weighted by Gasteiger charge is -2.33. The molecule has 1 amide bonds. The number of hydrogen-bond donors (Lipinski definition) is 0. The van der Waals surface area contributed by atoms with E-state index in [1.165, 1.54) is 25.0 Å². The zero-order chi connectivity index (χ0) is 26.1. The van der Waals surface area contributed by atoms with Gasteiger partial charge in [-0.05, 0) is 75.1 Å². The number of rotatable bonds is 13. The molecule has 2 aromatic rings. The van der Waals surface area contributed by atoms with Gasteiger partial charge in [0.15, 0.2) is 11.5 Å². The number of likely N-dealkylation sites (tertiary alicyclic amines) is 1. The van der Waals surface area contributed by atoms with E-state index in [0.29, 0.717) is 35.9 Å². The first kappa shape index (κ1) is 27.8. The van der Waals surface area contributed by atoms with Crippen molar-refractivity contribution in [2.24, 2.45) is 0 Å². The van der Waals surface area contributed by atoms with E-state index in [4.69, 9.17) is 14.2 Å². The second kappa shape index (κ2) is 12.9. The van der Waals surface area contributed by atoms with Crippen LogP contribution in [0.5, 0.6) is 17.2 Å². The van der Waals surface area contributed by atoms with E-state index < -0.39 is 0 Å². The molecule has 2 aromatic carbocycles. The fourth-order valence-corrected chi connectivity index (χ4v) is 5.23. The average molecular weight is 501 g/mol. The molecule has 7 heteroatoms. The Kier molecular flexibility index (Phi) is 9.99. The van der Waals surface area contributed by atoms with Crippen molar-refractivity contribution in [2.75, 3.05) is 54.1 Å². The molecule has 1 saturated heterocycles. The molecule has 0 N–H and O–H groups in total. The van der Waals surface area contributed by atoms with Crippen LogP contribution in [0.2, 0.25) is 0 Å². The number of carbonyl (C=O) groups is 1. The summed E-state index contributed by atoms with van der Waals surface area (Å²) in [5, 5.41) is 0. The van der Waals surface area contributed by atoms with Gasteiger partial charge in [0.25, 0.3) is 5.91 Å². The number of methoxy groups -OCH3 is 3. The molecule has 0 saturated carbocycles. The SMILES string of the molecule is CCCCN(CCC)CCC1(c2ccc(F)cc2)CCN(C(=O)c2cc(OC)c(OC)c(OC)c2)C1. The molecule has 1 unspecified atom stereocenters. The van der Waals surface area contributed by atoms with E-state index in [0.717, 1.165) is 44.5 Å². The molecular weight excluding hydrogens is 459 g/mol. The summed E-state index contributed by atoms with van der Waals surface area (Å²) in [5.74, 6) is 1.05. The monoisotopic (exact) mass is 500 g/mol. The fourth-order valence-electron chi connectivity index (χ4n) is 5.23. The quantitative estimate of drug-likeness (QED) is 0.362. The number of ether oxygens (including phenoxy) is 3. The van der Waals surface area contributed by atoms with Crippen LogP contribution in [0.3, 0.4) is 0 Å². The van der Waals surface area contributed by atoms with Crippen molar-refractivity contribution in [3.8, 4) is 17.2 Å². The second-order valence-electron chi connectivity index (χ2n) is 9.62. The molecule has 0 spiro atoms. The number of hydrogen-bond acceptors (Lipinski definition) is 5. The van der Waals surface area contributed by atoms with Crippen LogP contribution in [0, 0.1) is 5.82 Å². The van der Waals surface area contributed by atoms with Gasteiger partial charge in [0.05, 0.1) is 21.3 Å². The maximum absolute atomic E-state index is 13.8. The maximum atomic E-state index is 13.8. The van der Waals surface area contributed by atoms with Crippen molar-refractivity contribution in [3.05, 3.63) is 53.3 Å². The van der Waals surface area contributed by atoms with Crippen LogP contribution in [-0.4, -0.2) is 69.8 Å². The van der Waals surface area contributed by atoms with Gasteiger partial charge in [0, 0.05) is 24.1 Å². The Morgan fingerprint density at radius 1 is 0.972 bits per heavy atom. The van der Waals surface area contributed by atoms with Gasteiger partial charge in [0.1, 0.15) is 5.82 Å². The molecule has 0 radical (unpaired) electrons. The average Bonchev–Trinajstić information content (AvgIpc) is 3.34. The van der Waals surface area contributed by atoms with Gasteiger partial charge in [-0.3, -0.25) is 4.79 Å². The second-order valence-corrected chi connectivity index (χ2v) is 9.62. The highest BCUT2D eigenvalue weighted by Crippen LogP contribution is 2.41. The third kappa shape index (κ3) is 6.30. The van der Waals surface area contributed by atoms with Crippen molar-refractivity contribution >= 4 is 5.91 Å². The molecular formula is C29H41FN2O4. The van der Waals surface area contributed by atoms with Crippen LogP contribution < -0.4 is 14.2 Å². The van der Waals surface area contributed by atoms with Crippen molar-refractivity contribution in [2.45, 2.75) is 51.4 Å². The van der Waals surface area contributed by atoms with Crippen LogP contribution in [-0.2, 0) is 5.41 Å². The highest BCUT2D eigenvalue weighted by atomic mass is 19.1. The number of benzene rings is 2. The van der Waals surface area contributed by atoms with Gasteiger partial charge in [-0.2, -0.15) is 0 Å². The van der Waals surface area contributed by atoms with Crippen molar-refractivity contribution in [1.82, 2.24) is 9.80 Å². The topological polar surface area (TPSA) is 51.2 Å². The molecule has 36 heavy (non-hydrogen) atoms. The molecule has 1 heterocycles. The molecule has 0 aliphatic carbocycles. The molecule has 1 aliphatic heterocycles. The molecule has 198 valence electrons. The molecule has 0 bridgehead atoms. The molecule has 1 fully saturated rings. The van der Waals surface area contributed by atoms with Crippen LogP contribution >= 0.6 is 0 Å². The smallest absolute Gasteiger partial charge is 0.254 e. The Morgan fingerprint density at radius 3 is 2.19 bits per heavy atom. The molecule has 0 aromatic heterocycles. The minimum absolute atomic E-state index is 0.0744. The summed E-state index contributed by atoms with van der Waals surface area (Å²) in [6, 6.07) is 10.2. The summed E-state index contributed by atoms with van der Waals surface area (Å²) in [6.07, 6.45) is 5.21. The van der Waals surface area contributed by atoms with Gasteiger partial charge < -0.3 is 24.0 Å². The lowest BCUT2D eigenvalue weighted by Crippen LogP contribution is -2.38. The molecule has 1 atom stereocenters. The first-order valence-corrected chi connectivity index (χ1v) is 13.0. The highest BCUT2D eigenvalue weighted by molar-refractivity contribution is 5.96. The summed E-state index contributed by atoms with van der Waals surface area (Å²) in [6.45, 7) is 8.75. The van der Waals surface area contributed by atoms with Crippen LogP contribution in [0.15, 0.2) is 36.4 Å². The number of amides is 1. The largest absolute Gasteiger partial charge is 0.493 e. The summed E-state index contributed by atoms with van der Waals surface area (Å²) >= 11 is 0. The number of unbranched alkanes of at least 4 members (excludes halogenated alkanes) is 1. The van der Waals surface area contributed by atoms with Gasteiger partial charge in [-0.1, -0.05) is 32.4 Å². The summed E-state index contributed by atoms with van der Waals surface area (Å²) in [5.41, 5.74) is 1.37. The lowest BCUT2D eigenvalue weighted by atomic mass is 9.76. The van der Waals surface area contributed by atoms with Crippen molar-refractivity contribution in [1.29, 1.82) is 0 Å². The Labute approximate surface area is 215 Å². The Bertz CT molecular complexity index is 972. The summed E-state index contributed by atoms with van der Waals surface area (Å²) in [4.78, 5) is 18.1. The van der Waals surface area contributed by atoms with Crippen molar-refractivity contribution in [3.63, 3.8) is 0 Å². The third-order valence-electron chi connectivity index (χ3n) is 7.28. The Hall–Kier alpha value is -2.80. The predicted octanol–water partition coefficient (Wildman–Crippen LogP) is 5.54. The minimum Gasteiger partial charge on any atom is -0.493 e. The highest BCUT2D eigenvalue weighted by Gasteiger charge is 2.41. The molecule has 1 aliphatic rings. The van der Waals surface area contributed by atoms with E-state index >= 15 is 0 Å². The number of carbonyl (C=O) groups excluding carboxylic acids is 1. The zero-order valence-corrected chi connectivity index (χ0v) is 22.4. The van der Waals surface area contributed by atoms with Gasteiger partial charge >= 0.3 is 0 Å².